The third-order valence-corrected chi connectivity index (χ3v) is 6.03. The summed E-state index contributed by atoms with van der Waals surface area (Å²) in [5.74, 6) is 0.943. The Bertz CT molecular complexity index is 1200. The second-order valence-electron chi connectivity index (χ2n) is 6.45. The van der Waals surface area contributed by atoms with Gasteiger partial charge in [0, 0.05) is 16.3 Å². The van der Waals surface area contributed by atoms with Crippen molar-refractivity contribution in [2.45, 2.75) is 4.90 Å². The van der Waals surface area contributed by atoms with Gasteiger partial charge in [-0.05, 0) is 72.3 Å². The number of methoxy groups -OCH3 is 2. The van der Waals surface area contributed by atoms with E-state index in [1.54, 1.807) is 50.6 Å². The zero-order valence-corrected chi connectivity index (χ0v) is 18.4. The second-order valence-corrected chi connectivity index (χ2v) is 8.57. The normalized spacial score (nSPS) is 11.3. The van der Waals surface area contributed by atoms with E-state index in [9.17, 15) is 13.2 Å². The Morgan fingerprint density at radius 1 is 0.903 bits per heavy atom. The summed E-state index contributed by atoms with van der Waals surface area (Å²) in [7, 11) is -0.659. The minimum Gasteiger partial charge on any atom is -0.493 e. The minimum absolute atomic E-state index is 0.0925. The van der Waals surface area contributed by atoms with Crippen LogP contribution in [0.1, 0.15) is 15.9 Å². The van der Waals surface area contributed by atoms with Gasteiger partial charge < -0.3 is 9.47 Å². The molecule has 0 spiro atoms. The standard InChI is InChI=1S/C23H20ClNO5S/c1-29-22-14-4-16(15-23(22)30-2)3-13-21(26)17-5-9-19(10-6-17)25-31(27,28)20-11-7-18(24)8-12-20/h3-15,25H,1-2H3/b13-3+. The summed E-state index contributed by atoms with van der Waals surface area (Å²) in [6.45, 7) is 0. The van der Waals surface area contributed by atoms with Crippen molar-refractivity contribution < 1.29 is 22.7 Å². The van der Waals surface area contributed by atoms with Crippen molar-refractivity contribution in [1.29, 1.82) is 0 Å². The quantitative estimate of drug-likeness (QED) is 0.378. The first-order chi connectivity index (χ1) is 14.8. The van der Waals surface area contributed by atoms with Gasteiger partial charge in [0.05, 0.1) is 19.1 Å². The zero-order valence-electron chi connectivity index (χ0n) is 16.8. The SMILES string of the molecule is COc1ccc(/C=C/C(=O)c2ccc(NS(=O)(=O)c3ccc(Cl)cc3)cc2)cc1OC. The molecule has 0 heterocycles. The van der Waals surface area contributed by atoms with Crippen molar-refractivity contribution in [3.63, 3.8) is 0 Å². The number of rotatable bonds is 8. The van der Waals surface area contributed by atoms with Gasteiger partial charge in [-0.3, -0.25) is 9.52 Å². The molecule has 3 rings (SSSR count). The van der Waals surface area contributed by atoms with E-state index >= 15 is 0 Å². The molecule has 0 aromatic heterocycles. The van der Waals surface area contributed by atoms with E-state index in [1.807, 2.05) is 0 Å². The summed E-state index contributed by atoms with van der Waals surface area (Å²) in [4.78, 5) is 12.5. The summed E-state index contributed by atoms with van der Waals surface area (Å²) in [6, 6.07) is 17.3. The molecule has 0 unspecified atom stereocenters. The van der Waals surface area contributed by atoms with Crippen molar-refractivity contribution >= 4 is 39.2 Å². The van der Waals surface area contributed by atoms with E-state index in [4.69, 9.17) is 21.1 Å². The number of hydrogen-bond donors (Lipinski definition) is 1. The molecule has 0 radical (unpaired) electrons. The molecule has 0 bridgehead atoms. The maximum absolute atomic E-state index is 12.5. The number of sulfonamides is 1. The number of benzene rings is 3. The van der Waals surface area contributed by atoms with Crippen molar-refractivity contribution in [3.8, 4) is 11.5 Å². The highest BCUT2D eigenvalue weighted by molar-refractivity contribution is 7.92. The van der Waals surface area contributed by atoms with E-state index in [-0.39, 0.29) is 10.7 Å². The highest BCUT2D eigenvalue weighted by atomic mass is 35.5. The molecule has 0 aliphatic heterocycles. The third kappa shape index (κ3) is 5.65. The zero-order chi connectivity index (χ0) is 22.4. The van der Waals surface area contributed by atoms with Crippen LogP contribution in [0, 0.1) is 0 Å². The molecule has 3 aromatic rings. The molecule has 0 aliphatic carbocycles. The summed E-state index contributed by atoms with van der Waals surface area (Å²) in [5, 5.41) is 0.447. The molecular weight excluding hydrogens is 438 g/mol. The predicted molar refractivity (Wildman–Crippen MR) is 122 cm³/mol. The monoisotopic (exact) mass is 457 g/mol. The molecule has 0 fully saturated rings. The van der Waals surface area contributed by atoms with E-state index in [2.05, 4.69) is 4.72 Å². The lowest BCUT2D eigenvalue weighted by atomic mass is 10.1. The largest absolute Gasteiger partial charge is 0.493 e. The number of carbonyl (C=O) groups is 1. The first-order valence-corrected chi connectivity index (χ1v) is 11.0. The smallest absolute Gasteiger partial charge is 0.261 e. The van der Waals surface area contributed by atoms with Gasteiger partial charge >= 0.3 is 0 Å². The maximum atomic E-state index is 12.5. The van der Waals surface area contributed by atoms with Crippen LogP contribution in [0.4, 0.5) is 5.69 Å². The van der Waals surface area contributed by atoms with Gasteiger partial charge in [0.15, 0.2) is 17.3 Å². The Morgan fingerprint density at radius 3 is 2.16 bits per heavy atom. The summed E-state index contributed by atoms with van der Waals surface area (Å²) in [5.41, 5.74) is 1.54. The Labute approximate surface area is 186 Å². The van der Waals surface area contributed by atoms with Gasteiger partial charge in [0.25, 0.3) is 10.0 Å². The van der Waals surface area contributed by atoms with Crippen molar-refractivity contribution in [2.75, 3.05) is 18.9 Å². The first-order valence-electron chi connectivity index (χ1n) is 9.15. The number of halogens is 1. The molecular formula is C23H20ClNO5S. The van der Waals surface area contributed by atoms with Crippen LogP contribution in [0.15, 0.2) is 77.7 Å². The highest BCUT2D eigenvalue weighted by Crippen LogP contribution is 2.28. The molecule has 31 heavy (non-hydrogen) atoms. The number of ether oxygens (including phenoxy) is 2. The Balaban J connectivity index is 1.70. The lowest BCUT2D eigenvalue weighted by Gasteiger charge is -2.08. The number of nitrogens with one attached hydrogen (secondary N) is 1. The predicted octanol–water partition coefficient (Wildman–Crippen LogP) is 5.05. The fraction of sp³-hybridized carbons (Fsp3) is 0.0870. The molecule has 8 heteroatoms. The fourth-order valence-electron chi connectivity index (χ4n) is 2.75. The summed E-state index contributed by atoms with van der Waals surface area (Å²) < 4.78 is 37.8. The van der Waals surface area contributed by atoms with E-state index in [0.29, 0.717) is 27.8 Å². The lowest BCUT2D eigenvalue weighted by molar-refractivity contribution is 0.104. The Kier molecular flexibility index (Phi) is 6.99. The number of carbonyl (C=O) groups excluding carboxylic acids is 1. The molecule has 1 N–H and O–H groups in total. The van der Waals surface area contributed by atoms with Gasteiger partial charge in [-0.1, -0.05) is 23.7 Å². The highest BCUT2D eigenvalue weighted by Gasteiger charge is 2.14. The average molecular weight is 458 g/mol. The van der Waals surface area contributed by atoms with Crippen LogP contribution in [-0.2, 0) is 10.0 Å². The van der Waals surface area contributed by atoms with Crippen LogP contribution < -0.4 is 14.2 Å². The van der Waals surface area contributed by atoms with Gasteiger partial charge in [-0.15, -0.1) is 0 Å². The van der Waals surface area contributed by atoms with Crippen molar-refractivity contribution in [3.05, 3.63) is 89.0 Å². The lowest BCUT2D eigenvalue weighted by Crippen LogP contribution is -2.12. The number of hydrogen-bond acceptors (Lipinski definition) is 5. The van der Waals surface area contributed by atoms with Crippen LogP contribution in [0.25, 0.3) is 6.08 Å². The van der Waals surface area contributed by atoms with Crippen LogP contribution in [-0.4, -0.2) is 28.4 Å². The number of anilines is 1. The second kappa shape index (κ2) is 9.68. The van der Waals surface area contributed by atoms with E-state index in [0.717, 1.165) is 5.56 Å². The van der Waals surface area contributed by atoms with Crippen LogP contribution >= 0.6 is 11.6 Å². The molecule has 0 atom stereocenters. The number of allylic oxidation sites excluding steroid dienone is 1. The first kappa shape index (κ1) is 22.4. The molecule has 3 aromatic carbocycles. The van der Waals surface area contributed by atoms with Crippen molar-refractivity contribution in [1.82, 2.24) is 0 Å². The minimum atomic E-state index is -3.75. The Morgan fingerprint density at radius 2 is 1.55 bits per heavy atom. The average Bonchev–Trinajstić information content (AvgIpc) is 2.77. The maximum Gasteiger partial charge on any atom is 0.261 e. The van der Waals surface area contributed by atoms with E-state index in [1.165, 1.54) is 42.5 Å². The van der Waals surface area contributed by atoms with Crippen molar-refractivity contribution in [2.24, 2.45) is 0 Å². The molecule has 6 nitrogen and oxygen atoms in total. The molecule has 0 amide bonds. The van der Waals surface area contributed by atoms with Crippen LogP contribution in [0.3, 0.4) is 0 Å². The molecule has 0 aliphatic rings. The van der Waals surface area contributed by atoms with E-state index < -0.39 is 10.0 Å². The Hall–Kier alpha value is -3.29. The third-order valence-electron chi connectivity index (χ3n) is 4.38. The van der Waals surface area contributed by atoms with Gasteiger partial charge in [-0.25, -0.2) is 8.42 Å². The van der Waals surface area contributed by atoms with Gasteiger partial charge in [0.2, 0.25) is 0 Å². The number of ketones is 1. The van der Waals surface area contributed by atoms with Gasteiger partial charge in [-0.2, -0.15) is 0 Å². The summed E-state index contributed by atoms with van der Waals surface area (Å²) >= 11 is 5.80. The van der Waals surface area contributed by atoms with Gasteiger partial charge in [0.1, 0.15) is 0 Å². The molecule has 0 saturated heterocycles. The topological polar surface area (TPSA) is 81.7 Å². The fourth-order valence-corrected chi connectivity index (χ4v) is 3.94. The van der Waals surface area contributed by atoms with Crippen LogP contribution in [0.2, 0.25) is 5.02 Å². The molecule has 0 saturated carbocycles. The summed E-state index contributed by atoms with van der Waals surface area (Å²) in [6.07, 6.45) is 3.11. The van der Waals surface area contributed by atoms with Crippen LogP contribution in [0.5, 0.6) is 11.5 Å². The molecule has 160 valence electrons.